The number of carbonyl (C=O) groups excluding carboxylic acids is 1. The molecular formula is C27H26N2O3S. The minimum atomic E-state index is -0.0996. The van der Waals surface area contributed by atoms with Crippen molar-refractivity contribution in [3.8, 4) is 11.5 Å². The van der Waals surface area contributed by atoms with Crippen molar-refractivity contribution in [2.45, 2.75) is 32.8 Å². The van der Waals surface area contributed by atoms with Crippen LogP contribution < -0.4 is 9.64 Å². The van der Waals surface area contributed by atoms with Crippen LogP contribution >= 0.6 is 11.3 Å². The van der Waals surface area contributed by atoms with E-state index in [-0.39, 0.29) is 12.0 Å². The smallest absolute Gasteiger partial charge is 0.260 e. The number of aryl methyl sites for hydroxylation is 2. The van der Waals surface area contributed by atoms with Gasteiger partial charge in [-0.1, -0.05) is 41.7 Å². The van der Waals surface area contributed by atoms with Gasteiger partial charge in [0.2, 0.25) is 0 Å². The maximum absolute atomic E-state index is 13.7. The molecule has 1 saturated heterocycles. The molecule has 1 atom stereocenters. The molecule has 1 fully saturated rings. The van der Waals surface area contributed by atoms with Crippen molar-refractivity contribution >= 4 is 32.6 Å². The number of thiazole rings is 1. The van der Waals surface area contributed by atoms with E-state index in [4.69, 9.17) is 14.5 Å². The first-order valence-electron chi connectivity index (χ1n) is 11.2. The van der Waals surface area contributed by atoms with Crippen molar-refractivity contribution in [3.63, 3.8) is 0 Å². The minimum absolute atomic E-state index is 0.0209. The number of amides is 1. The van der Waals surface area contributed by atoms with E-state index in [0.717, 1.165) is 35.4 Å². The van der Waals surface area contributed by atoms with Gasteiger partial charge in [-0.25, -0.2) is 4.98 Å². The molecule has 33 heavy (non-hydrogen) atoms. The van der Waals surface area contributed by atoms with Crippen molar-refractivity contribution in [2.75, 3.05) is 18.1 Å². The molecule has 1 unspecified atom stereocenters. The zero-order valence-electron chi connectivity index (χ0n) is 18.8. The first-order valence-corrected chi connectivity index (χ1v) is 12.0. The van der Waals surface area contributed by atoms with Gasteiger partial charge >= 0.3 is 0 Å². The highest BCUT2D eigenvalue weighted by Crippen LogP contribution is 2.34. The lowest BCUT2D eigenvalue weighted by molar-refractivity contribution is 0.0917. The molecule has 1 aromatic heterocycles. The molecule has 1 aliphatic heterocycles. The summed E-state index contributed by atoms with van der Waals surface area (Å²) in [5, 5.41) is 0.702. The Balaban J connectivity index is 1.48. The van der Waals surface area contributed by atoms with Crippen molar-refractivity contribution < 1.29 is 14.3 Å². The number of hydrogen-bond donors (Lipinski definition) is 0. The number of benzene rings is 3. The minimum Gasteiger partial charge on any atom is -0.457 e. The highest BCUT2D eigenvalue weighted by atomic mass is 32.1. The molecule has 0 saturated carbocycles. The SMILES string of the molecule is Cc1cc(C)c2sc(N(CC3CCCO3)C(=O)c3cccc(Oc4ccccc4)c3)nc2c1. The molecule has 168 valence electrons. The van der Waals surface area contributed by atoms with E-state index in [2.05, 4.69) is 26.0 Å². The summed E-state index contributed by atoms with van der Waals surface area (Å²) in [5.74, 6) is 1.26. The van der Waals surface area contributed by atoms with Crippen LogP contribution in [0.25, 0.3) is 10.2 Å². The van der Waals surface area contributed by atoms with Crippen LogP contribution in [0, 0.1) is 13.8 Å². The van der Waals surface area contributed by atoms with E-state index in [1.165, 1.54) is 11.1 Å². The first kappa shape index (κ1) is 21.6. The summed E-state index contributed by atoms with van der Waals surface area (Å²) in [6.07, 6.45) is 1.99. The third kappa shape index (κ3) is 4.77. The average molecular weight is 459 g/mol. The normalized spacial score (nSPS) is 15.6. The average Bonchev–Trinajstić information content (AvgIpc) is 3.48. The van der Waals surface area contributed by atoms with Gasteiger partial charge in [-0.3, -0.25) is 9.69 Å². The van der Waals surface area contributed by atoms with Crippen molar-refractivity contribution in [3.05, 3.63) is 83.4 Å². The summed E-state index contributed by atoms with van der Waals surface area (Å²) < 4.78 is 12.9. The number of aromatic nitrogens is 1. The van der Waals surface area contributed by atoms with Crippen molar-refractivity contribution in [1.29, 1.82) is 0 Å². The van der Waals surface area contributed by atoms with Crippen LogP contribution in [-0.4, -0.2) is 30.1 Å². The van der Waals surface area contributed by atoms with Gasteiger partial charge in [-0.2, -0.15) is 0 Å². The molecular weight excluding hydrogens is 432 g/mol. The molecule has 0 bridgehead atoms. The highest BCUT2D eigenvalue weighted by molar-refractivity contribution is 7.22. The molecule has 4 aromatic rings. The molecule has 6 heteroatoms. The molecule has 5 rings (SSSR count). The maximum Gasteiger partial charge on any atom is 0.260 e. The van der Waals surface area contributed by atoms with Crippen LogP contribution in [0.5, 0.6) is 11.5 Å². The molecule has 0 aliphatic carbocycles. The van der Waals surface area contributed by atoms with E-state index >= 15 is 0 Å². The summed E-state index contributed by atoms with van der Waals surface area (Å²) in [6.45, 7) is 5.39. The fraction of sp³-hybridized carbons (Fsp3) is 0.259. The van der Waals surface area contributed by atoms with E-state index in [1.54, 1.807) is 22.3 Å². The Kier molecular flexibility index (Phi) is 6.11. The number of para-hydroxylation sites is 1. The van der Waals surface area contributed by atoms with Crippen molar-refractivity contribution in [2.24, 2.45) is 0 Å². The summed E-state index contributed by atoms with van der Waals surface area (Å²) in [5.41, 5.74) is 3.84. The zero-order chi connectivity index (χ0) is 22.8. The molecule has 5 nitrogen and oxygen atoms in total. The van der Waals surface area contributed by atoms with Crippen LogP contribution in [0.1, 0.15) is 34.3 Å². The second-order valence-corrected chi connectivity index (χ2v) is 9.40. The summed E-state index contributed by atoms with van der Waals surface area (Å²) in [7, 11) is 0. The Labute approximate surface area is 197 Å². The number of fused-ring (bicyclic) bond motifs is 1. The van der Waals surface area contributed by atoms with Crippen LogP contribution in [0.15, 0.2) is 66.7 Å². The lowest BCUT2D eigenvalue weighted by Crippen LogP contribution is -2.37. The Morgan fingerprint density at radius 1 is 1.09 bits per heavy atom. The number of ether oxygens (including phenoxy) is 2. The number of rotatable bonds is 6. The van der Waals surface area contributed by atoms with Crippen LogP contribution in [-0.2, 0) is 4.74 Å². The standard InChI is InChI=1S/C27H26N2O3S/c1-18-14-19(2)25-24(15-18)28-27(33-25)29(17-23-12-7-13-31-23)26(30)20-8-6-11-22(16-20)32-21-9-4-3-5-10-21/h3-6,8-11,14-16,23H,7,12-13,17H2,1-2H3. The highest BCUT2D eigenvalue weighted by Gasteiger charge is 2.27. The molecule has 0 radical (unpaired) electrons. The van der Waals surface area contributed by atoms with E-state index < -0.39 is 0 Å². The number of anilines is 1. The third-order valence-corrected chi connectivity index (χ3v) is 6.98. The molecule has 1 amide bonds. The molecule has 0 spiro atoms. The van der Waals surface area contributed by atoms with E-state index in [0.29, 0.717) is 23.0 Å². The molecule has 1 aliphatic rings. The van der Waals surface area contributed by atoms with Gasteiger partial charge in [0.15, 0.2) is 5.13 Å². The molecule has 3 aromatic carbocycles. The number of nitrogens with zero attached hydrogens (tertiary/aromatic N) is 2. The Morgan fingerprint density at radius 3 is 2.70 bits per heavy atom. The van der Waals surface area contributed by atoms with E-state index in [9.17, 15) is 4.79 Å². The quantitative estimate of drug-likeness (QED) is 0.330. The predicted octanol–water partition coefficient (Wildman–Crippen LogP) is 6.53. The van der Waals surface area contributed by atoms with Gasteiger partial charge < -0.3 is 9.47 Å². The molecule has 0 N–H and O–H groups in total. The lowest BCUT2D eigenvalue weighted by atomic mass is 10.1. The van der Waals surface area contributed by atoms with Crippen LogP contribution in [0.3, 0.4) is 0 Å². The second kappa shape index (κ2) is 9.33. The van der Waals surface area contributed by atoms with E-state index in [1.807, 2.05) is 48.5 Å². The largest absolute Gasteiger partial charge is 0.457 e. The van der Waals surface area contributed by atoms with Gasteiger partial charge in [0.25, 0.3) is 5.91 Å². The monoisotopic (exact) mass is 458 g/mol. The number of hydrogen-bond acceptors (Lipinski definition) is 5. The van der Waals surface area contributed by atoms with Gasteiger partial charge in [0.1, 0.15) is 11.5 Å². The van der Waals surface area contributed by atoms with Gasteiger partial charge in [-0.05, 0) is 74.2 Å². The van der Waals surface area contributed by atoms with Gasteiger partial charge in [0, 0.05) is 12.2 Å². The Morgan fingerprint density at radius 2 is 1.91 bits per heavy atom. The fourth-order valence-electron chi connectivity index (χ4n) is 4.19. The summed E-state index contributed by atoms with van der Waals surface area (Å²) in [6, 6.07) is 21.1. The predicted molar refractivity (Wildman–Crippen MR) is 133 cm³/mol. The third-order valence-electron chi connectivity index (χ3n) is 5.75. The first-order chi connectivity index (χ1) is 16.1. The Hall–Kier alpha value is -3.22. The topological polar surface area (TPSA) is 51.7 Å². The fourth-order valence-corrected chi connectivity index (χ4v) is 5.22. The zero-order valence-corrected chi connectivity index (χ0v) is 19.6. The Bertz CT molecular complexity index is 1280. The second-order valence-electron chi connectivity index (χ2n) is 8.42. The van der Waals surface area contributed by atoms with Crippen LogP contribution in [0.2, 0.25) is 0 Å². The molecule has 2 heterocycles. The van der Waals surface area contributed by atoms with Crippen molar-refractivity contribution in [1.82, 2.24) is 4.98 Å². The van der Waals surface area contributed by atoms with Gasteiger partial charge in [-0.15, -0.1) is 0 Å². The van der Waals surface area contributed by atoms with Gasteiger partial charge in [0.05, 0.1) is 22.9 Å². The summed E-state index contributed by atoms with van der Waals surface area (Å²) in [4.78, 5) is 20.4. The summed E-state index contributed by atoms with van der Waals surface area (Å²) >= 11 is 1.56. The number of carbonyl (C=O) groups is 1. The lowest BCUT2D eigenvalue weighted by Gasteiger charge is -2.23. The van der Waals surface area contributed by atoms with Crippen LogP contribution in [0.4, 0.5) is 5.13 Å². The maximum atomic E-state index is 13.7.